The van der Waals surface area contributed by atoms with Crippen LogP contribution in [0, 0.1) is 5.92 Å². The molecule has 1 saturated carbocycles. The monoisotopic (exact) mass is 270 g/mol. The summed E-state index contributed by atoms with van der Waals surface area (Å²) in [6.45, 7) is 2.16. The Labute approximate surface area is 115 Å². The summed E-state index contributed by atoms with van der Waals surface area (Å²) in [4.78, 5) is 12.0. The molecule has 0 aromatic heterocycles. The van der Waals surface area contributed by atoms with Crippen LogP contribution in [-0.4, -0.2) is 36.5 Å². The predicted molar refractivity (Wildman–Crippen MR) is 77.9 cm³/mol. The van der Waals surface area contributed by atoms with Gasteiger partial charge in [0.05, 0.1) is 0 Å². The van der Waals surface area contributed by atoms with Gasteiger partial charge in [0, 0.05) is 17.7 Å². The van der Waals surface area contributed by atoms with Gasteiger partial charge >= 0.3 is 0 Å². The van der Waals surface area contributed by atoms with Gasteiger partial charge in [-0.15, -0.1) is 0 Å². The molecule has 0 spiro atoms. The highest BCUT2D eigenvalue weighted by atomic mass is 32.2. The molecule has 2 aliphatic rings. The smallest absolute Gasteiger partial charge is 0.220 e. The number of nitrogens with one attached hydrogen (secondary N) is 2. The number of piperidine rings is 1. The van der Waals surface area contributed by atoms with E-state index in [1.54, 1.807) is 0 Å². The highest BCUT2D eigenvalue weighted by Gasteiger charge is 2.23. The fourth-order valence-electron chi connectivity index (χ4n) is 3.08. The Hall–Kier alpha value is -0.220. The van der Waals surface area contributed by atoms with Crippen molar-refractivity contribution in [2.45, 2.75) is 56.2 Å². The summed E-state index contributed by atoms with van der Waals surface area (Å²) in [5.41, 5.74) is 0. The zero-order chi connectivity index (χ0) is 12.8. The molecular formula is C14H26N2OS. The molecule has 0 aromatic carbocycles. The van der Waals surface area contributed by atoms with Crippen LogP contribution in [0.5, 0.6) is 0 Å². The van der Waals surface area contributed by atoms with Gasteiger partial charge in [0.1, 0.15) is 0 Å². The summed E-state index contributed by atoms with van der Waals surface area (Å²) in [5, 5.41) is 7.41. The van der Waals surface area contributed by atoms with Crippen LogP contribution in [0.2, 0.25) is 0 Å². The molecule has 2 N–H and O–H groups in total. The quantitative estimate of drug-likeness (QED) is 0.822. The van der Waals surface area contributed by atoms with Crippen molar-refractivity contribution in [3.05, 3.63) is 0 Å². The molecule has 0 radical (unpaired) electrons. The molecule has 1 saturated heterocycles. The van der Waals surface area contributed by atoms with Gasteiger partial charge in [-0.2, -0.15) is 11.8 Å². The first kappa shape index (κ1) is 14.2. The molecule has 104 valence electrons. The SMILES string of the molecule is CSC1CCC(NC(=O)CC2CCNCC2)CC1. The van der Waals surface area contributed by atoms with Crippen LogP contribution in [-0.2, 0) is 4.79 Å². The van der Waals surface area contributed by atoms with Crippen molar-refractivity contribution < 1.29 is 4.79 Å². The molecule has 2 fully saturated rings. The van der Waals surface area contributed by atoms with Gasteiger partial charge in [0.25, 0.3) is 0 Å². The second kappa shape index (κ2) is 7.39. The van der Waals surface area contributed by atoms with Crippen LogP contribution in [0.3, 0.4) is 0 Å². The van der Waals surface area contributed by atoms with Crippen molar-refractivity contribution in [2.24, 2.45) is 5.92 Å². The summed E-state index contributed by atoms with van der Waals surface area (Å²) in [6.07, 6.45) is 10.1. The number of hydrogen-bond donors (Lipinski definition) is 2. The molecule has 0 bridgehead atoms. The van der Waals surface area contributed by atoms with Crippen molar-refractivity contribution in [3.63, 3.8) is 0 Å². The van der Waals surface area contributed by atoms with E-state index in [0.29, 0.717) is 12.0 Å². The first-order valence-electron chi connectivity index (χ1n) is 7.31. The molecule has 0 atom stereocenters. The maximum atomic E-state index is 12.0. The summed E-state index contributed by atoms with van der Waals surface area (Å²) in [6, 6.07) is 0.447. The second-order valence-electron chi connectivity index (χ2n) is 5.67. The molecule has 1 heterocycles. The van der Waals surface area contributed by atoms with Gasteiger partial charge in [-0.05, 0) is 63.8 Å². The minimum Gasteiger partial charge on any atom is -0.353 e. The van der Waals surface area contributed by atoms with Gasteiger partial charge in [-0.25, -0.2) is 0 Å². The lowest BCUT2D eigenvalue weighted by Crippen LogP contribution is -2.39. The number of carbonyl (C=O) groups excluding carboxylic acids is 1. The lowest BCUT2D eigenvalue weighted by Gasteiger charge is -2.29. The van der Waals surface area contributed by atoms with Crippen LogP contribution in [0.4, 0.5) is 0 Å². The zero-order valence-electron chi connectivity index (χ0n) is 11.4. The van der Waals surface area contributed by atoms with Crippen molar-refractivity contribution in [2.75, 3.05) is 19.3 Å². The largest absolute Gasteiger partial charge is 0.353 e. The molecule has 18 heavy (non-hydrogen) atoms. The van der Waals surface area contributed by atoms with E-state index in [1.807, 2.05) is 11.8 Å². The van der Waals surface area contributed by atoms with E-state index in [4.69, 9.17) is 0 Å². The molecule has 1 aliphatic heterocycles. The average Bonchev–Trinajstić information content (AvgIpc) is 2.40. The van der Waals surface area contributed by atoms with E-state index in [2.05, 4.69) is 16.9 Å². The topological polar surface area (TPSA) is 41.1 Å². The van der Waals surface area contributed by atoms with Gasteiger partial charge in [0.15, 0.2) is 0 Å². The van der Waals surface area contributed by atoms with E-state index >= 15 is 0 Å². The molecular weight excluding hydrogens is 244 g/mol. The van der Waals surface area contributed by atoms with E-state index in [0.717, 1.165) is 37.6 Å². The van der Waals surface area contributed by atoms with Crippen molar-refractivity contribution in [1.82, 2.24) is 10.6 Å². The Morgan fingerprint density at radius 3 is 2.44 bits per heavy atom. The lowest BCUT2D eigenvalue weighted by molar-refractivity contribution is -0.123. The van der Waals surface area contributed by atoms with Crippen molar-refractivity contribution in [3.8, 4) is 0 Å². The normalized spacial score (nSPS) is 30.1. The van der Waals surface area contributed by atoms with E-state index in [9.17, 15) is 4.79 Å². The molecule has 2 rings (SSSR count). The fraction of sp³-hybridized carbons (Fsp3) is 0.929. The van der Waals surface area contributed by atoms with Crippen molar-refractivity contribution in [1.29, 1.82) is 0 Å². The van der Waals surface area contributed by atoms with E-state index in [1.165, 1.54) is 25.7 Å². The first-order chi connectivity index (χ1) is 8.78. The predicted octanol–water partition coefficient (Wildman–Crippen LogP) is 2.17. The van der Waals surface area contributed by atoms with Crippen LogP contribution < -0.4 is 10.6 Å². The van der Waals surface area contributed by atoms with Gasteiger partial charge < -0.3 is 10.6 Å². The Bertz CT molecular complexity index is 259. The third kappa shape index (κ3) is 4.47. The summed E-state index contributed by atoms with van der Waals surface area (Å²) in [7, 11) is 0. The van der Waals surface area contributed by atoms with Crippen LogP contribution in [0.15, 0.2) is 0 Å². The summed E-state index contributed by atoms with van der Waals surface area (Å²) < 4.78 is 0. The number of rotatable bonds is 4. The average molecular weight is 270 g/mol. The second-order valence-corrected chi connectivity index (χ2v) is 6.81. The van der Waals surface area contributed by atoms with E-state index in [-0.39, 0.29) is 5.91 Å². The van der Waals surface area contributed by atoms with Crippen LogP contribution in [0.1, 0.15) is 44.9 Å². The Balaban J connectivity index is 1.65. The van der Waals surface area contributed by atoms with Crippen LogP contribution in [0.25, 0.3) is 0 Å². The molecule has 4 heteroatoms. The highest BCUT2D eigenvalue weighted by molar-refractivity contribution is 7.99. The maximum Gasteiger partial charge on any atom is 0.220 e. The molecule has 0 unspecified atom stereocenters. The number of amides is 1. The van der Waals surface area contributed by atoms with Gasteiger partial charge in [0.2, 0.25) is 5.91 Å². The van der Waals surface area contributed by atoms with Gasteiger partial charge in [-0.1, -0.05) is 0 Å². The lowest BCUT2D eigenvalue weighted by atomic mass is 9.92. The Morgan fingerprint density at radius 2 is 1.83 bits per heavy atom. The van der Waals surface area contributed by atoms with Crippen LogP contribution >= 0.6 is 11.8 Å². The van der Waals surface area contributed by atoms with Gasteiger partial charge in [-0.3, -0.25) is 4.79 Å². The fourth-order valence-corrected chi connectivity index (χ4v) is 3.82. The minimum atomic E-state index is 0.287. The third-order valence-electron chi connectivity index (χ3n) is 4.31. The molecule has 1 aliphatic carbocycles. The number of carbonyl (C=O) groups is 1. The molecule has 1 amide bonds. The van der Waals surface area contributed by atoms with Crippen molar-refractivity contribution >= 4 is 17.7 Å². The third-order valence-corrected chi connectivity index (χ3v) is 5.44. The standard InChI is InChI=1S/C14H26N2OS/c1-18-13-4-2-12(3-5-13)16-14(17)10-11-6-8-15-9-7-11/h11-13,15H,2-10H2,1H3,(H,16,17). The number of hydrogen-bond acceptors (Lipinski definition) is 3. The van der Waals surface area contributed by atoms with E-state index < -0.39 is 0 Å². The number of thioether (sulfide) groups is 1. The summed E-state index contributed by atoms with van der Waals surface area (Å²) >= 11 is 1.98. The summed E-state index contributed by atoms with van der Waals surface area (Å²) in [5.74, 6) is 0.892. The minimum absolute atomic E-state index is 0.287. The Morgan fingerprint density at radius 1 is 1.17 bits per heavy atom. The molecule has 3 nitrogen and oxygen atoms in total. The zero-order valence-corrected chi connectivity index (χ0v) is 12.2. The first-order valence-corrected chi connectivity index (χ1v) is 8.59. The Kier molecular flexibility index (Phi) is 5.83. The highest BCUT2D eigenvalue weighted by Crippen LogP contribution is 2.27. The maximum absolute atomic E-state index is 12.0. The molecule has 0 aromatic rings.